The van der Waals surface area contributed by atoms with E-state index in [0.29, 0.717) is 19.4 Å². The summed E-state index contributed by atoms with van der Waals surface area (Å²) in [6.45, 7) is 0.477. The van der Waals surface area contributed by atoms with E-state index >= 15 is 0 Å². The molecular formula is C15H21NO4. The first-order valence-corrected chi connectivity index (χ1v) is 6.77. The van der Waals surface area contributed by atoms with Gasteiger partial charge in [0.1, 0.15) is 11.9 Å². The predicted octanol–water partition coefficient (Wildman–Crippen LogP) is 1.59. The number of benzene rings is 1. The number of ether oxygens (including phenoxy) is 3. The summed E-state index contributed by atoms with van der Waals surface area (Å²) in [6.07, 6.45) is 1.60. The van der Waals surface area contributed by atoms with Crippen molar-refractivity contribution in [1.82, 2.24) is 0 Å². The topological polar surface area (TPSA) is 70.8 Å². The Balaban J connectivity index is 1.98. The lowest BCUT2D eigenvalue weighted by Crippen LogP contribution is -2.27. The average Bonchev–Trinajstić information content (AvgIpc) is 2.78. The van der Waals surface area contributed by atoms with Gasteiger partial charge in [-0.3, -0.25) is 4.79 Å². The van der Waals surface area contributed by atoms with Gasteiger partial charge < -0.3 is 19.9 Å². The number of esters is 1. The van der Waals surface area contributed by atoms with Crippen LogP contribution in [0.4, 0.5) is 0 Å². The molecule has 1 aromatic rings. The molecule has 1 aliphatic carbocycles. The molecule has 0 saturated heterocycles. The summed E-state index contributed by atoms with van der Waals surface area (Å²) in [5, 5.41) is 0. The lowest BCUT2D eigenvalue weighted by Gasteiger charge is -2.19. The summed E-state index contributed by atoms with van der Waals surface area (Å²) in [5.41, 5.74) is 8.37. The monoisotopic (exact) mass is 279 g/mol. The Morgan fingerprint density at radius 1 is 1.40 bits per heavy atom. The van der Waals surface area contributed by atoms with E-state index in [9.17, 15) is 4.79 Å². The molecule has 5 heteroatoms. The quantitative estimate of drug-likeness (QED) is 0.632. The zero-order valence-electron chi connectivity index (χ0n) is 11.9. The second kappa shape index (κ2) is 6.72. The summed E-state index contributed by atoms with van der Waals surface area (Å²) in [7, 11) is 3.03. The molecule has 0 saturated carbocycles. The number of rotatable bonds is 6. The number of fused-ring (bicyclic) bond motifs is 1. The minimum atomic E-state index is -0.220. The van der Waals surface area contributed by atoms with Crippen LogP contribution in [0.2, 0.25) is 0 Å². The fourth-order valence-electron chi connectivity index (χ4n) is 2.58. The third kappa shape index (κ3) is 3.11. The molecule has 0 amide bonds. The number of nitrogens with two attached hydrogens (primary N) is 1. The first-order valence-electron chi connectivity index (χ1n) is 6.77. The van der Waals surface area contributed by atoms with Crippen molar-refractivity contribution in [1.29, 1.82) is 0 Å². The highest BCUT2D eigenvalue weighted by atomic mass is 16.5. The third-order valence-electron chi connectivity index (χ3n) is 3.56. The standard InChI is InChI=1S/C15H21NO4/c1-18-12-6-3-5-10-9-11(16)15(14(10)12)20-8-4-7-13(17)19-2/h3,5-6,11,15H,4,7-9,16H2,1-2H3. The van der Waals surface area contributed by atoms with Crippen molar-refractivity contribution in [3.63, 3.8) is 0 Å². The lowest BCUT2D eigenvalue weighted by molar-refractivity contribution is -0.141. The van der Waals surface area contributed by atoms with Crippen molar-refractivity contribution >= 4 is 5.97 Å². The summed E-state index contributed by atoms with van der Waals surface area (Å²) in [5.74, 6) is 0.593. The van der Waals surface area contributed by atoms with E-state index in [0.717, 1.165) is 17.7 Å². The molecule has 1 aromatic carbocycles. The van der Waals surface area contributed by atoms with Crippen LogP contribution in [-0.4, -0.2) is 32.8 Å². The fourth-order valence-corrected chi connectivity index (χ4v) is 2.58. The van der Waals surface area contributed by atoms with Crippen LogP contribution in [0.25, 0.3) is 0 Å². The molecule has 2 atom stereocenters. The largest absolute Gasteiger partial charge is 0.496 e. The van der Waals surface area contributed by atoms with Crippen molar-refractivity contribution in [2.24, 2.45) is 5.73 Å². The Kier molecular flexibility index (Phi) is 4.98. The zero-order valence-corrected chi connectivity index (χ0v) is 11.9. The summed E-state index contributed by atoms with van der Waals surface area (Å²) in [4.78, 5) is 11.0. The van der Waals surface area contributed by atoms with E-state index in [-0.39, 0.29) is 18.1 Å². The second-order valence-electron chi connectivity index (χ2n) is 4.87. The van der Waals surface area contributed by atoms with Crippen LogP contribution in [0.3, 0.4) is 0 Å². The average molecular weight is 279 g/mol. The molecule has 2 N–H and O–H groups in total. The summed E-state index contributed by atoms with van der Waals surface area (Å²) >= 11 is 0. The number of carbonyl (C=O) groups is 1. The minimum Gasteiger partial charge on any atom is -0.496 e. The Morgan fingerprint density at radius 3 is 2.90 bits per heavy atom. The summed E-state index contributed by atoms with van der Waals surface area (Å²) < 4.78 is 15.9. The van der Waals surface area contributed by atoms with Gasteiger partial charge in [0.15, 0.2) is 0 Å². The van der Waals surface area contributed by atoms with Gasteiger partial charge in [-0.25, -0.2) is 0 Å². The van der Waals surface area contributed by atoms with Crippen LogP contribution < -0.4 is 10.5 Å². The van der Waals surface area contributed by atoms with Gasteiger partial charge in [-0.2, -0.15) is 0 Å². The molecule has 5 nitrogen and oxygen atoms in total. The molecule has 2 unspecified atom stereocenters. The molecule has 0 heterocycles. The van der Waals surface area contributed by atoms with Crippen LogP contribution in [0, 0.1) is 0 Å². The van der Waals surface area contributed by atoms with E-state index in [1.165, 1.54) is 12.7 Å². The lowest BCUT2D eigenvalue weighted by atomic mass is 10.1. The molecule has 0 radical (unpaired) electrons. The van der Waals surface area contributed by atoms with E-state index in [1.807, 2.05) is 12.1 Å². The number of hydrogen-bond donors (Lipinski definition) is 1. The Morgan fingerprint density at radius 2 is 2.20 bits per heavy atom. The molecule has 2 rings (SSSR count). The van der Waals surface area contributed by atoms with E-state index in [4.69, 9.17) is 15.2 Å². The molecule has 0 fully saturated rings. The predicted molar refractivity (Wildman–Crippen MR) is 74.6 cm³/mol. The fraction of sp³-hybridized carbons (Fsp3) is 0.533. The Hall–Kier alpha value is -1.59. The first-order chi connectivity index (χ1) is 9.67. The molecule has 110 valence electrons. The maximum Gasteiger partial charge on any atom is 0.305 e. The van der Waals surface area contributed by atoms with Crippen LogP contribution in [0.15, 0.2) is 18.2 Å². The van der Waals surface area contributed by atoms with Crippen molar-refractivity contribution in [2.75, 3.05) is 20.8 Å². The molecule has 0 aliphatic heterocycles. The second-order valence-corrected chi connectivity index (χ2v) is 4.87. The number of hydrogen-bond acceptors (Lipinski definition) is 5. The van der Waals surface area contributed by atoms with Crippen molar-refractivity contribution < 1.29 is 19.0 Å². The van der Waals surface area contributed by atoms with Gasteiger partial charge in [0.25, 0.3) is 0 Å². The first kappa shape index (κ1) is 14.8. The Labute approximate surface area is 119 Å². The van der Waals surface area contributed by atoms with Crippen molar-refractivity contribution in [2.45, 2.75) is 31.4 Å². The normalized spacial score (nSPS) is 20.6. The highest BCUT2D eigenvalue weighted by molar-refractivity contribution is 5.69. The van der Waals surface area contributed by atoms with E-state index in [2.05, 4.69) is 10.8 Å². The zero-order chi connectivity index (χ0) is 14.5. The van der Waals surface area contributed by atoms with E-state index in [1.54, 1.807) is 7.11 Å². The van der Waals surface area contributed by atoms with Crippen LogP contribution in [0.1, 0.15) is 30.1 Å². The molecule has 20 heavy (non-hydrogen) atoms. The highest BCUT2D eigenvalue weighted by Gasteiger charge is 2.33. The highest BCUT2D eigenvalue weighted by Crippen LogP contribution is 2.39. The minimum absolute atomic E-state index is 0.0700. The third-order valence-corrected chi connectivity index (χ3v) is 3.56. The van der Waals surface area contributed by atoms with Gasteiger partial charge in [-0.1, -0.05) is 12.1 Å². The van der Waals surface area contributed by atoms with E-state index < -0.39 is 0 Å². The number of methoxy groups -OCH3 is 2. The van der Waals surface area contributed by atoms with Crippen LogP contribution in [0.5, 0.6) is 5.75 Å². The van der Waals surface area contributed by atoms with Gasteiger partial charge in [0, 0.05) is 24.6 Å². The number of carbonyl (C=O) groups excluding carboxylic acids is 1. The summed E-state index contributed by atoms with van der Waals surface area (Å²) in [6, 6.07) is 5.86. The smallest absolute Gasteiger partial charge is 0.305 e. The van der Waals surface area contributed by atoms with Gasteiger partial charge >= 0.3 is 5.97 Å². The van der Waals surface area contributed by atoms with Crippen molar-refractivity contribution in [3.8, 4) is 5.75 Å². The Bertz CT molecular complexity index is 475. The maximum atomic E-state index is 11.0. The molecule has 1 aliphatic rings. The maximum absolute atomic E-state index is 11.0. The molecular weight excluding hydrogens is 258 g/mol. The van der Waals surface area contributed by atoms with Crippen molar-refractivity contribution in [3.05, 3.63) is 29.3 Å². The van der Waals surface area contributed by atoms with Gasteiger partial charge in [-0.15, -0.1) is 0 Å². The molecule has 0 aromatic heterocycles. The molecule has 0 bridgehead atoms. The molecule has 0 spiro atoms. The SMILES string of the molecule is COC(=O)CCCOC1c2c(cccc2OC)CC1N. The van der Waals surface area contributed by atoms with Crippen LogP contribution in [-0.2, 0) is 20.7 Å². The van der Waals surface area contributed by atoms with Gasteiger partial charge in [0.05, 0.1) is 14.2 Å². The van der Waals surface area contributed by atoms with Gasteiger partial charge in [0.2, 0.25) is 0 Å². The van der Waals surface area contributed by atoms with Gasteiger partial charge in [-0.05, 0) is 24.5 Å². The van der Waals surface area contributed by atoms with Crippen LogP contribution >= 0.6 is 0 Å².